The van der Waals surface area contributed by atoms with Crippen LogP contribution < -0.4 is 10.3 Å². The van der Waals surface area contributed by atoms with Gasteiger partial charge in [-0.2, -0.15) is 5.26 Å². The number of pyridine rings is 1. The van der Waals surface area contributed by atoms with Crippen molar-refractivity contribution in [3.8, 4) is 22.9 Å². The van der Waals surface area contributed by atoms with Crippen molar-refractivity contribution < 1.29 is 13.5 Å². The highest BCUT2D eigenvalue weighted by atomic mass is 32.2. The fourth-order valence-electron chi connectivity index (χ4n) is 4.08. The molecule has 33 heavy (non-hydrogen) atoms. The van der Waals surface area contributed by atoms with Gasteiger partial charge in [-0.25, -0.2) is 8.78 Å². The standard InChI is InChI=1S/C24H26F2N4O2S/c1-23(2,14-27)33(28)16-4-5-20(32-15-6-9-24(25,26)10-7-15)18(12-16)19-13-30(3)22(31)21-17(19)8-11-29-21/h4-5,8,11-13,15,28-29H,6-7,9-10H2,1-3H3. The number of benzene rings is 1. The van der Waals surface area contributed by atoms with Gasteiger partial charge in [0.2, 0.25) is 5.92 Å². The number of rotatable bonds is 5. The van der Waals surface area contributed by atoms with Crippen LogP contribution in [0.5, 0.6) is 5.75 Å². The third-order valence-electron chi connectivity index (χ3n) is 6.11. The summed E-state index contributed by atoms with van der Waals surface area (Å²) in [6.45, 7) is 3.46. The number of hydrogen-bond acceptors (Lipinski definition) is 4. The number of hydrogen-bond donors (Lipinski definition) is 2. The Bertz CT molecular complexity index is 1330. The number of halogens is 2. The van der Waals surface area contributed by atoms with Crippen molar-refractivity contribution in [1.82, 2.24) is 9.55 Å². The van der Waals surface area contributed by atoms with E-state index < -0.39 is 21.4 Å². The zero-order valence-corrected chi connectivity index (χ0v) is 19.6. The fraction of sp³-hybridized carbons (Fsp3) is 0.417. The van der Waals surface area contributed by atoms with Gasteiger partial charge in [0.05, 0.1) is 12.2 Å². The molecule has 1 aliphatic carbocycles. The number of nitrogens with one attached hydrogen (secondary N) is 2. The normalized spacial score (nSPS) is 17.6. The maximum atomic E-state index is 13.6. The Morgan fingerprint density at radius 1 is 1.27 bits per heavy atom. The quantitative estimate of drug-likeness (QED) is 0.511. The topological polar surface area (TPSA) is 94.7 Å². The number of H-pyrrole nitrogens is 1. The first kappa shape index (κ1) is 23.2. The van der Waals surface area contributed by atoms with Crippen molar-refractivity contribution in [2.75, 3.05) is 0 Å². The molecule has 0 saturated heterocycles. The van der Waals surface area contributed by atoms with Crippen molar-refractivity contribution in [1.29, 1.82) is 10.0 Å². The predicted octanol–water partition coefficient (Wildman–Crippen LogP) is 5.53. The second-order valence-corrected chi connectivity index (χ2v) is 11.1. The van der Waals surface area contributed by atoms with E-state index in [0.717, 1.165) is 5.56 Å². The van der Waals surface area contributed by atoms with Crippen LogP contribution in [-0.4, -0.2) is 26.3 Å². The van der Waals surface area contributed by atoms with Crippen LogP contribution in [0.4, 0.5) is 8.78 Å². The minimum atomic E-state index is -2.65. The van der Waals surface area contributed by atoms with E-state index in [0.29, 0.717) is 27.1 Å². The summed E-state index contributed by atoms with van der Waals surface area (Å²) in [5.41, 5.74) is 1.69. The molecule has 1 aromatic carbocycles. The molecule has 174 valence electrons. The largest absolute Gasteiger partial charge is 0.490 e. The highest BCUT2D eigenvalue weighted by Gasteiger charge is 2.36. The smallest absolute Gasteiger partial charge is 0.274 e. The van der Waals surface area contributed by atoms with Gasteiger partial charge in [0.15, 0.2) is 0 Å². The molecule has 0 radical (unpaired) electrons. The number of nitrogens with zero attached hydrogens (tertiary/aromatic N) is 2. The molecule has 0 spiro atoms. The first-order chi connectivity index (χ1) is 15.5. The summed E-state index contributed by atoms with van der Waals surface area (Å²) in [6, 6.07) is 9.36. The fourth-order valence-corrected chi connectivity index (χ4v) is 5.20. The van der Waals surface area contributed by atoms with Gasteiger partial charge in [0.1, 0.15) is 16.0 Å². The molecule has 2 aromatic heterocycles. The van der Waals surface area contributed by atoms with E-state index in [2.05, 4.69) is 11.1 Å². The van der Waals surface area contributed by atoms with Gasteiger partial charge in [-0.15, -0.1) is 0 Å². The molecule has 2 heterocycles. The second kappa shape index (κ2) is 8.41. The Kier molecular flexibility index (Phi) is 5.91. The van der Waals surface area contributed by atoms with Crippen LogP contribution in [0.25, 0.3) is 22.0 Å². The Balaban J connectivity index is 1.84. The number of aryl methyl sites for hydroxylation is 1. The van der Waals surface area contributed by atoms with Gasteiger partial charge >= 0.3 is 0 Å². The molecule has 1 fully saturated rings. The number of ether oxygens (including phenoxy) is 1. The molecule has 9 heteroatoms. The average molecular weight is 473 g/mol. The Hall–Kier alpha value is -2.99. The molecule has 0 aliphatic heterocycles. The van der Waals surface area contributed by atoms with Crippen LogP contribution in [-0.2, 0) is 17.7 Å². The van der Waals surface area contributed by atoms with Gasteiger partial charge in [-0.1, -0.05) is 10.7 Å². The zero-order valence-electron chi connectivity index (χ0n) is 18.7. The van der Waals surface area contributed by atoms with E-state index in [1.54, 1.807) is 45.4 Å². The van der Waals surface area contributed by atoms with Crippen molar-refractivity contribution in [3.05, 3.63) is 47.0 Å². The SMILES string of the molecule is Cn1cc(-c2cc(S(=N)C(C)(C)C#N)ccc2OC2CCC(F)(F)CC2)c2cc[nH]c2c1=O. The summed E-state index contributed by atoms with van der Waals surface area (Å²) in [7, 11) is 0.531. The lowest BCUT2D eigenvalue weighted by Gasteiger charge is -2.29. The lowest BCUT2D eigenvalue weighted by Crippen LogP contribution is -2.30. The van der Waals surface area contributed by atoms with Crippen molar-refractivity contribution in [3.63, 3.8) is 0 Å². The molecule has 0 amide bonds. The van der Waals surface area contributed by atoms with Gasteiger partial charge in [0.25, 0.3) is 5.56 Å². The van der Waals surface area contributed by atoms with Crippen LogP contribution in [0, 0.1) is 16.1 Å². The lowest BCUT2D eigenvalue weighted by atomic mass is 9.94. The Morgan fingerprint density at radius 2 is 1.97 bits per heavy atom. The third kappa shape index (κ3) is 4.44. The van der Waals surface area contributed by atoms with Gasteiger partial charge in [-0.3, -0.25) is 9.57 Å². The molecular formula is C24H26F2N4O2S. The van der Waals surface area contributed by atoms with Crippen LogP contribution >= 0.6 is 0 Å². The third-order valence-corrected chi connectivity index (χ3v) is 7.95. The summed E-state index contributed by atoms with van der Waals surface area (Å²) in [6.07, 6.45) is 3.16. The molecule has 2 N–H and O–H groups in total. The van der Waals surface area contributed by atoms with Gasteiger partial charge in [0, 0.05) is 53.7 Å². The minimum absolute atomic E-state index is 0.169. The summed E-state index contributed by atoms with van der Waals surface area (Å²) < 4.78 is 42.7. The number of fused-ring (bicyclic) bond motifs is 1. The first-order valence-electron chi connectivity index (χ1n) is 10.7. The van der Waals surface area contributed by atoms with E-state index >= 15 is 0 Å². The van der Waals surface area contributed by atoms with Crippen LogP contribution in [0.3, 0.4) is 0 Å². The van der Waals surface area contributed by atoms with E-state index in [1.807, 2.05) is 12.1 Å². The van der Waals surface area contributed by atoms with E-state index in [9.17, 15) is 18.8 Å². The predicted molar refractivity (Wildman–Crippen MR) is 125 cm³/mol. The van der Waals surface area contributed by atoms with Crippen LogP contribution in [0.1, 0.15) is 39.5 Å². The lowest BCUT2D eigenvalue weighted by molar-refractivity contribution is -0.0581. The number of aromatic amines is 1. The molecule has 3 aromatic rings. The molecular weight excluding hydrogens is 446 g/mol. The Labute approximate surface area is 193 Å². The summed E-state index contributed by atoms with van der Waals surface area (Å²) in [5.74, 6) is -2.13. The maximum Gasteiger partial charge on any atom is 0.274 e. The molecule has 1 saturated carbocycles. The highest BCUT2D eigenvalue weighted by molar-refractivity contribution is 7.87. The molecule has 1 aliphatic rings. The number of alkyl halides is 2. The van der Waals surface area contributed by atoms with Crippen molar-refractivity contribution >= 4 is 21.6 Å². The summed E-state index contributed by atoms with van der Waals surface area (Å²) in [4.78, 5) is 16.2. The zero-order chi connectivity index (χ0) is 24.0. The van der Waals surface area contributed by atoms with Crippen molar-refractivity contribution in [2.45, 2.75) is 61.2 Å². The number of nitriles is 1. The summed E-state index contributed by atoms with van der Waals surface area (Å²) in [5, 5.41) is 10.2. The first-order valence-corrected chi connectivity index (χ1v) is 12.0. The number of aromatic nitrogens is 2. The molecule has 1 unspecified atom stereocenters. The van der Waals surface area contributed by atoms with Crippen LogP contribution in [0.2, 0.25) is 0 Å². The molecule has 0 bridgehead atoms. The van der Waals surface area contributed by atoms with Gasteiger partial charge in [-0.05, 0) is 51.0 Å². The monoisotopic (exact) mass is 472 g/mol. The Morgan fingerprint density at radius 3 is 2.64 bits per heavy atom. The van der Waals surface area contributed by atoms with E-state index in [-0.39, 0.29) is 37.3 Å². The molecule has 4 rings (SSSR count). The minimum Gasteiger partial charge on any atom is -0.490 e. The van der Waals surface area contributed by atoms with Crippen molar-refractivity contribution in [2.24, 2.45) is 7.05 Å². The molecule has 6 nitrogen and oxygen atoms in total. The average Bonchev–Trinajstić information content (AvgIpc) is 3.28. The van der Waals surface area contributed by atoms with Crippen LogP contribution in [0.15, 0.2) is 46.3 Å². The highest BCUT2D eigenvalue weighted by Crippen LogP contribution is 2.40. The van der Waals surface area contributed by atoms with E-state index in [1.165, 1.54) is 4.57 Å². The van der Waals surface area contributed by atoms with Gasteiger partial charge < -0.3 is 14.3 Å². The maximum absolute atomic E-state index is 13.6. The second-order valence-electron chi connectivity index (χ2n) is 8.98. The summed E-state index contributed by atoms with van der Waals surface area (Å²) >= 11 is 0. The molecule has 1 atom stereocenters. The van der Waals surface area contributed by atoms with E-state index in [4.69, 9.17) is 9.52 Å².